The van der Waals surface area contributed by atoms with Crippen LogP contribution < -0.4 is 25.1 Å². The molecule has 26 heavy (non-hydrogen) atoms. The molecule has 136 valence electrons. The van der Waals surface area contributed by atoms with Gasteiger partial charge >= 0.3 is 0 Å². The molecule has 0 saturated carbocycles. The van der Waals surface area contributed by atoms with Crippen molar-refractivity contribution in [3.05, 3.63) is 53.6 Å². The zero-order valence-corrected chi connectivity index (χ0v) is 14.7. The first kappa shape index (κ1) is 17.9. The van der Waals surface area contributed by atoms with Crippen molar-refractivity contribution in [2.45, 2.75) is 19.1 Å². The van der Waals surface area contributed by atoms with Gasteiger partial charge in [-0.1, -0.05) is 29.8 Å². The predicted octanol–water partition coefficient (Wildman–Crippen LogP) is 2.09. The second-order valence-electron chi connectivity index (χ2n) is 5.56. The van der Waals surface area contributed by atoms with Gasteiger partial charge in [-0.15, -0.1) is 0 Å². The van der Waals surface area contributed by atoms with Crippen LogP contribution in [0.25, 0.3) is 0 Å². The summed E-state index contributed by atoms with van der Waals surface area (Å²) in [5.41, 5.74) is 4.62. The van der Waals surface area contributed by atoms with Crippen molar-refractivity contribution in [1.82, 2.24) is 10.9 Å². The highest BCUT2D eigenvalue weighted by molar-refractivity contribution is 6.30. The molecule has 0 radical (unpaired) electrons. The summed E-state index contributed by atoms with van der Waals surface area (Å²) in [5.74, 6) is 0.456. The van der Waals surface area contributed by atoms with Gasteiger partial charge in [-0.25, -0.2) is 0 Å². The zero-order valence-electron chi connectivity index (χ0n) is 13.9. The lowest BCUT2D eigenvalue weighted by atomic mass is 10.2. The number of nitrogens with one attached hydrogen (secondary N) is 2. The van der Waals surface area contributed by atoms with Gasteiger partial charge in [-0.05, 0) is 37.3 Å². The number of hydrazine groups is 1. The van der Waals surface area contributed by atoms with E-state index < -0.39 is 24.0 Å². The molecule has 2 aromatic carbocycles. The number of fused-ring (bicyclic) bond motifs is 1. The van der Waals surface area contributed by atoms with E-state index in [1.807, 2.05) is 6.07 Å². The Bertz CT molecular complexity index is 814. The Kier molecular flexibility index (Phi) is 5.48. The van der Waals surface area contributed by atoms with E-state index in [2.05, 4.69) is 10.9 Å². The minimum atomic E-state index is -0.866. The number of halogens is 1. The maximum absolute atomic E-state index is 12.1. The minimum absolute atomic E-state index is 0.0489. The molecule has 0 fully saturated rings. The van der Waals surface area contributed by atoms with Crippen LogP contribution in [0.1, 0.15) is 6.92 Å². The minimum Gasteiger partial charge on any atom is -0.485 e. The van der Waals surface area contributed by atoms with Crippen LogP contribution in [-0.2, 0) is 9.59 Å². The normalized spacial score (nSPS) is 16.3. The lowest BCUT2D eigenvalue weighted by Crippen LogP contribution is -2.53. The molecule has 0 spiro atoms. The molecular weight excluding hydrogens is 360 g/mol. The third-order valence-corrected chi connectivity index (χ3v) is 3.82. The average Bonchev–Trinajstić information content (AvgIpc) is 2.65. The molecule has 0 saturated heterocycles. The Morgan fingerprint density at radius 2 is 1.92 bits per heavy atom. The number of carbonyl (C=O) groups is 2. The summed E-state index contributed by atoms with van der Waals surface area (Å²) < 4.78 is 16.5. The first-order chi connectivity index (χ1) is 12.5. The van der Waals surface area contributed by atoms with Crippen molar-refractivity contribution in [2.75, 3.05) is 6.61 Å². The highest BCUT2D eigenvalue weighted by Crippen LogP contribution is 2.30. The molecule has 0 bridgehead atoms. The number of rotatable bonds is 4. The molecule has 2 aromatic rings. The first-order valence-electron chi connectivity index (χ1n) is 7.93. The highest BCUT2D eigenvalue weighted by Gasteiger charge is 2.28. The standard InChI is InChI=1S/C18H17ClN2O5/c1-11(25-13-6-4-5-12(19)9-13)17(22)20-21-18(23)16-10-24-14-7-2-3-8-15(14)26-16/h2-9,11,16H,10H2,1H3,(H,20,22)(H,21,23)/t11-,16+/m1/s1. The molecule has 3 rings (SSSR count). The summed E-state index contributed by atoms with van der Waals surface area (Å²) in [6.07, 6.45) is -1.70. The van der Waals surface area contributed by atoms with Gasteiger partial charge in [0.15, 0.2) is 17.6 Å². The van der Waals surface area contributed by atoms with Crippen LogP contribution in [0.4, 0.5) is 0 Å². The van der Waals surface area contributed by atoms with E-state index in [1.54, 1.807) is 49.4 Å². The molecule has 1 heterocycles. The molecule has 2 N–H and O–H groups in total. The summed E-state index contributed by atoms with van der Waals surface area (Å²) in [7, 11) is 0. The SMILES string of the molecule is C[C@@H](Oc1cccc(Cl)c1)C(=O)NNC(=O)[C@@H]1COc2ccccc2O1. The van der Waals surface area contributed by atoms with Gasteiger partial charge in [0.1, 0.15) is 12.4 Å². The Morgan fingerprint density at radius 3 is 2.69 bits per heavy atom. The Balaban J connectivity index is 1.49. The van der Waals surface area contributed by atoms with Crippen LogP contribution in [0, 0.1) is 0 Å². The molecule has 0 aromatic heterocycles. The molecule has 8 heteroatoms. The highest BCUT2D eigenvalue weighted by atomic mass is 35.5. The van der Waals surface area contributed by atoms with Gasteiger partial charge in [0.25, 0.3) is 11.8 Å². The summed E-state index contributed by atoms with van der Waals surface area (Å²) in [5, 5.41) is 0.498. The number of carbonyl (C=O) groups excluding carboxylic acids is 2. The Labute approximate surface area is 155 Å². The topological polar surface area (TPSA) is 85.9 Å². The lowest BCUT2D eigenvalue weighted by Gasteiger charge is -2.25. The predicted molar refractivity (Wildman–Crippen MR) is 94.2 cm³/mol. The molecule has 0 unspecified atom stereocenters. The fourth-order valence-corrected chi connectivity index (χ4v) is 2.43. The van der Waals surface area contributed by atoms with E-state index in [4.69, 9.17) is 25.8 Å². The van der Waals surface area contributed by atoms with Crippen molar-refractivity contribution in [3.8, 4) is 17.2 Å². The quantitative estimate of drug-likeness (QED) is 0.798. The van der Waals surface area contributed by atoms with Gasteiger partial charge in [-0.2, -0.15) is 0 Å². The number of hydrogen-bond acceptors (Lipinski definition) is 5. The van der Waals surface area contributed by atoms with Crippen LogP contribution in [0.2, 0.25) is 5.02 Å². The number of hydrogen-bond donors (Lipinski definition) is 2. The van der Waals surface area contributed by atoms with Crippen LogP contribution in [0.3, 0.4) is 0 Å². The van der Waals surface area contributed by atoms with E-state index in [0.717, 1.165) is 0 Å². The van der Waals surface area contributed by atoms with Gasteiger partial charge in [-0.3, -0.25) is 20.4 Å². The second-order valence-corrected chi connectivity index (χ2v) is 6.00. The van der Waals surface area contributed by atoms with E-state index >= 15 is 0 Å². The Morgan fingerprint density at radius 1 is 1.15 bits per heavy atom. The number of ether oxygens (including phenoxy) is 3. The van der Waals surface area contributed by atoms with Gasteiger partial charge < -0.3 is 14.2 Å². The fraction of sp³-hybridized carbons (Fsp3) is 0.222. The third kappa shape index (κ3) is 4.37. The van der Waals surface area contributed by atoms with E-state index in [9.17, 15) is 9.59 Å². The molecule has 2 atom stereocenters. The van der Waals surface area contributed by atoms with Gasteiger partial charge in [0.05, 0.1) is 0 Å². The Hall–Kier alpha value is -2.93. The summed E-state index contributed by atoms with van der Waals surface area (Å²) >= 11 is 5.87. The van der Waals surface area contributed by atoms with Crippen molar-refractivity contribution in [1.29, 1.82) is 0 Å². The molecular formula is C18H17ClN2O5. The lowest BCUT2D eigenvalue weighted by molar-refractivity contribution is -0.137. The van der Waals surface area contributed by atoms with Crippen molar-refractivity contribution in [3.63, 3.8) is 0 Å². The van der Waals surface area contributed by atoms with Crippen LogP contribution >= 0.6 is 11.6 Å². The summed E-state index contributed by atoms with van der Waals surface area (Å²) in [4.78, 5) is 24.2. The second kappa shape index (κ2) is 7.97. The number of benzene rings is 2. The first-order valence-corrected chi connectivity index (χ1v) is 8.31. The molecule has 2 amide bonds. The van der Waals surface area contributed by atoms with Crippen LogP contribution in [0.15, 0.2) is 48.5 Å². The largest absolute Gasteiger partial charge is 0.485 e. The van der Waals surface area contributed by atoms with E-state index in [-0.39, 0.29) is 6.61 Å². The maximum atomic E-state index is 12.1. The smallest absolute Gasteiger partial charge is 0.283 e. The van der Waals surface area contributed by atoms with E-state index in [1.165, 1.54) is 0 Å². The van der Waals surface area contributed by atoms with Crippen LogP contribution in [0.5, 0.6) is 17.2 Å². The van der Waals surface area contributed by atoms with Crippen LogP contribution in [-0.4, -0.2) is 30.6 Å². The molecule has 7 nitrogen and oxygen atoms in total. The van der Waals surface area contributed by atoms with Crippen molar-refractivity contribution >= 4 is 23.4 Å². The zero-order chi connectivity index (χ0) is 18.5. The maximum Gasteiger partial charge on any atom is 0.283 e. The number of amides is 2. The van der Waals surface area contributed by atoms with Gasteiger partial charge in [0.2, 0.25) is 6.10 Å². The average molecular weight is 377 g/mol. The van der Waals surface area contributed by atoms with Gasteiger partial charge in [0, 0.05) is 5.02 Å². The summed E-state index contributed by atoms with van der Waals surface area (Å²) in [6, 6.07) is 13.7. The monoisotopic (exact) mass is 376 g/mol. The third-order valence-electron chi connectivity index (χ3n) is 3.59. The number of para-hydroxylation sites is 2. The fourth-order valence-electron chi connectivity index (χ4n) is 2.25. The molecule has 0 aliphatic carbocycles. The molecule has 1 aliphatic heterocycles. The van der Waals surface area contributed by atoms with Crippen molar-refractivity contribution in [2.24, 2.45) is 0 Å². The molecule has 1 aliphatic rings. The van der Waals surface area contributed by atoms with E-state index in [0.29, 0.717) is 22.3 Å². The van der Waals surface area contributed by atoms with Crippen molar-refractivity contribution < 1.29 is 23.8 Å². The summed E-state index contributed by atoms with van der Waals surface area (Å²) in [6.45, 7) is 1.60.